The summed E-state index contributed by atoms with van der Waals surface area (Å²) in [5.74, 6) is 1.13. The molecule has 0 aliphatic carbocycles. The van der Waals surface area contributed by atoms with Crippen LogP contribution in [0.1, 0.15) is 27.7 Å². The van der Waals surface area contributed by atoms with Crippen molar-refractivity contribution in [3.05, 3.63) is 41.4 Å². The van der Waals surface area contributed by atoms with Crippen molar-refractivity contribution in [3.63, 3.8) is 0 Å². The maximum atomic E-state index is 13.2. The lowest BCUT2D eigenvalue weighted by molar-refractivity contribution is -0.127. The highest BCUT2D eigenvalue weighted by atomic mass is 35.5. The van der Waals surface area contributed by atoms with Gasteiger partial charge in [-0.2, -0.15) is 0 Å². The fourth-order valence-corrected chi connectivity index (χ4v) is 4.88. The van der Waals surface area contributed by atoms with Crippen LogP contribution in [0.2, 0.25) is 5.02 Å². The SMILES string of the molecule is COc1ccc(S(=O)(=O)Nc2ccc3c(c2)N(CC(C)C)C(=O)C(C)(C)CO3)c(Cl)c1. The van der Waals surface area contributed by atoms with Gasteiger partial charge in [0.05, 0.1) is 28.9 Å². The summed E-state index contributed by atoms with van der Waals surface area (Å²) in [6.07, 6.45) is 0. The van der Waals surface area contributed by atoms with E-state index in [9.17, 15) is 13.2 Å². The molecule has 0 bridgehead atoms. The van der Waals surface area contributed by atoms with E-state index < -0.39 is 15.4 Å². The molecule has 9 heteroatoms. The highest BCUT2D eigenvalue weighted by molar-refractivity contribution is 7.92. The van der Waals surface area contributed by atoms with Crippen LogP contribution in [0.5, 0.6) is 11.5 Å². The number of sulfonamides is 1. The zero-order valence-corrected chi connectivity index (χ0v) is 19.8. The van der Waals surface area contributed by atoms with Gasteiger partial charge in [-0.3, -0.25) is 9.52 Å². The zero-order chi connectivity index (χ0) is 23.0. The summed E-state index contributed by atoms with van der Waals surface area (Å²) in [4.78, 5) is 14.8. The first-order chi connectivity index (χ1) is 14.4. The van der Waals surface area contributed by atoms with Gasteiger partial charge in [-0.15, -0.1) is 0 Å². The third-order valence-electron chi connectivity index (χ3n) is 4.89. The third-order valence-corrected chi connectivity index (χ3v) is 6.76. The molecule has 31 heavy (non-hydrogen) atoms. The van der Waals surface area contributed by atoms with E-state index in [2.05, 4.69) is 4.72 Å². The summed E-state index contributed by atoms with van der Waals surface area (Å²) < 4.78 is 39.4. The van der Waals surface area contributed by atoms with Crippen LogP contribution >= 0.6 is 11.6 Å². The molecule has 0 saturated carbocycles. The fourth-order valence-electron chi connectivity index (χ4n) is 3.29. The Bertz CT molecular complexity index is 1100. The summed E-state index contributed by atoms with van der Waals surface area (Å²) >= 11 is 6.15. The van der Waals surface area contributed by atoms with Crippen LogP contribution in [-0.2, 0) is 14.8 Å². The average molecular weight is 467 g/mol. The van der Waals surface area contributed by atoms with Crippen molar-refractivity contribution in [1.29, 1.82) is 0 Å². The quantitative estimate of drug-likeness (QED) is 0.674. The molecule has 0 radical (unpaired) electrons. The topological polar surface area (TPSA) is 84.9 Å². The second-order valence-corrected chi connectivity index (χ2v) is 10.6. The number of nitrogens with zero attached hydrogens (tertiary/aromatic N) is 1. The molecule has 3 rings (SSSR count). The lowest BCUT2D eigenvalue weighted by Gasteiger charge is -2.29. The Balaban J connectivity index is 1.99. The molecule has 1 aliphatic rings. The van der Waals surface area contributed by atoms with E-state index in [-0.39, 0.29) is 28.4 Å². The van der Waals surface area contributed by atoms with E-state index in [4.69, 9.17) is 21.1 Å². The van der Waals surface area contributed by atoms with E-state index in [0.29, 0.717) is 29.4 Å². The number of carbonyl (C=O) groups excluding carboxylic acids is 1. The predicted octanol–water partition coefficient (Wildman–Crippen LogP) is 4.56. The van der Waals surface area contributed by atoms with Gasteiger partial charge in [0, 0.05) is 12.6 Å². The van der Waals surface area contributed by atoms with E-state index in [1.807, 2.05) is 27.7 Å². The van der Waals surface area contributed by atoms with Crippen LogP contribution in [0.25, 0.3) is 0 Å². The number of ether oxygens (including phenoxy) is 2. The highest BCUT2D eigenvalue weighted by Crippen LogP contribution is 2.39. The molecule has 2 aromatic carbocycles. The summed E-state index contributed by atoms with van der Waals surface area (Å²) in [6.45, 7) is 8.43. The molecule has 1 N–H and O–H groups in total. The van der Waals surface area contributed by atoms with E-state index in [0.717, 1.165) is 0 Å². The van der Waals surface area contributed by atoms with Gasteiger partial charge in [0.25, 0.3) is 10.0 Å². The number of carbonyl (C=O) groups is 1. The monoisotopic (exact) mass is 466 g/mol. The predicted molar refractivity (Wildman–Crippen MR) is 122 cm³/mol. The van der Waals surface area contributed by atoms with E-state index >= 15 is 0 Å². The number of hydrogen-bond donors (Lipinski definition) is 1. The van der Waals surface area contributed by atoms with Gasteiger partial charge in [-0.25, -0.2) is 8.42 Å². The number of methoxy groups -OCH3 is 1. The molecule has 7 nitrogen and oxygen atoms in total. The Hall–Kier alpha value is -2.45. The minimum absolute atomic E-state index is 0.0447. The first kappa shape index (κ1) is 23.2. The Morgan fingerprint density at radius 2 is 1.94 bits per heavy atom. The molecule has 0 aromatic heterocycles. The fraction of sp³-hybridized carbons (Fsp3) is 0.409. The van der Waals surface area contributed by atoms with Crippen LogP contribution in [0.4, 0.5) is 11.4 Å². The summed E-state index contributed by atoms with van der Waals surface area (Å²) in [5.41, 5.74) is 0.130. The van der Waals surface area contributed by atoms with Gasteiger partial charge in [0.15, 0.2) is 0 Å². The summed E-state index contributed by atoms with van der Waals surface area (Å²) in [7, 11) is -2.49. The third kappa shape index (κ3) is 4.91. The molecule has 0 spiro atoms. The van der Waals surface area contributed by atoms with E-state index in [1.165, 1.54) is 25.3 Å². The van der Waals surface area contributed by atoms with Crippen LogP contribution in [0.3, 0.4) is 0 Å². The summed E-state index contributed by atoms with van der Waals surface area (Å²) in [6, 6.07) is 9.23. The molecule has 0 unspecified atom stereocenters. The lowest BCUT2D eigenvalue weighted by atomic mass is 9.92. The molecular weight excluding hydrogens is 440 g/mol. The molecule has 2 aromatic rings. The second-order valence-electron chi connectivity index (χ2n) is 8.57. The van der Waals surface area contributed by atoms with Crippen molar-refractivity contribution in [2.24, 2.45) is 11.3 Å². The summed E-state index contributed by atoms with van der Waals surface area (Å²) in [5, 5.41) is 0.0447. The Morgan fingerprint density at radius 3 is 2.55 bits per heavy atom. The van der Waals surface area contributed by atoms with Crippen LogP contribution < -0.4 is 19.1 Å². The second kappa shape index (κ2) is 8.59. The molecule has 1 aliphatic heterocycles. The number of benzene rings is 2. The Kier molecular flexibility index (Phi) is 6.43. The minimum Gasteiger partial charge on any atom is -0.497 e. The van der Waals surface area contributed by atoms with Gasteiger partial charge in [-0.1, -0.05) is 25.4 Å². The van der Waals surface area contributed by atoms with E-state index in [1.54, 1.807) is 23.1 Å². The van der Waals surface area contributed by atoms with Crippen LogP contribution in [0.15, 0.2) is 41.3 Å². The van der Waals surface area contributed by atoms with Crippen LogP contribution in [-0.4, -0.2) is 34.6 Å². The number of halogens is 1. The van der Waals surface area contributed by atoms with Crippen LogP contribution in [0, 0.1) is 11.3 Å². The van der Waals surface area contributed by atoms with Crippen molar-refractivity contribution in [2.75, 3.05) is 29.9 Å². The van der Waals surface area contributed by atoms with Crippen molar-refractivity contribution < 1.29 is 22.7 Å². The van der Waals surface area contributed by atoms with Crippen molar-refractivity contribution in [1.82, 2.24) is 0 Å². The number of rotatable bonds is 6. The van der Waals surface area contributed by atoms with Gasteiger partial charge >= 0.3 is 0 Å². The molecule has 1 amide bonds. The normalized spacial score (nSPS) is 15.8. The maximum Gasteiger partial charge on any atom is 0.263 e. The molecule has 0 fully saturated rings. The number of amides is 1. The standard InChI is InChI=1S/C22H27ClN2O5S/c1-14(2)12-25-18-10-15(6-8-19(18)30-13-22(3,4)21(25)26)24-31(27,28)20-9-7-16(29-5)11-17(20)23/h6-11,14,24H,12-13H2,1-5H3. The molecule has 0 atom stereocenters. The number of fused-ring (bicyclic) bond motifs is 1. The van der Waals surface area contributed by atoms with Crippen molar-refractivity contribution in [2.45, 2.75) is 32.6 Å². The Labute approximate surface area is 188 Å². The van der Waals surface area contributed by atoms with Gasteiger partial charge in [0.2, 0.25) is 5.91 Å². The minimum atomic E-state index is -3.96. The first-order valence-electron chi connectivity index (χ1n) is 9.90. The highest BCUT2D eigenvalue weighted by Gasteiger charge is 2.38. The zero-order valence-electron chi connectivity index (χ0n) is 18.2. The van der Waals surface area contributed by atoms with Crippen molar-refractivity contribution in [3.8, 4) is 11.5 Å². The van der Waals surface area contributed by atoms with Crippen molar-refractivity contribution >= 4 is 38.9 Å². The smallest absolute Gasteiger partial charge is 0.263 e. The largest absolute Gasteiger partial charge is 0.497 e. The molecule has 1 heterocycles. The number of nitrogens with one attached hydrogen (secondary N) is 1. The van der Waals surface area contributed by atoms with Gasteiger partial charge < -0.3 is 14.4 Å². The first-order valence-corrected chi connectivity index (χ1v) is 11.8. The number of anilines is 2. The molecule has 168 valence electrons. The van der Waals surface area contributed by atoms with Gasteiger partial charge in [0.1, 0.15) is 23.0 Å². The Morgan fingerprint density at radius 1 is 1.23 bits per heavy atom. The van der Waals surface area contributed by atoms with Gasteiger partial charge in [-0.05, 0) is 50.1 Å². The molecule has 0 saturated heterocycles. The molecular formula is C22H27ClN2O5S. The lowest BCUT2D eigenvalue weighted by Crippen LogP contribution is -2.43. The average Bonchev–Trinajstić information content (AvgIpc) is 2.77. The number of hydrogen-bond acceptors (Lipinski definition) is 5. The maximum absolute atomic E-state index is 13.2.